The van der Waals surface area contributed by atoms with Gasteiger partial charge < -0.3 is 0 Å². The van der Waals surface area contributed by atoms with Gasteiger partial charge in [0.05, 0.1) is 5.25 Å². The number of rotatable bonds is 1. The van der Waals surface area contributed by atoms with E-state index in [4.69, 9.17) is 0 Å². The van der Waals surface area contributed by atoms with E-state index in [0.29, 0.717) is 0 Å². The first-order chi connectivity index (χ1) is 9.61. The molecule has 1 saturated carbocycles. The molecule has 0 aliphatic heterocycles. The van der Waals surface area contributed by atoms with Crippen LogP contribution in [0.15, 0.2) is 0 Å². The molecule has 1 aliphatic rings. The summed E-state index contributed by atoms with van der Waals surface area (Å²) in [6.45, 7) is 0. The van der Waals surface area contributed by atoms with E-state index >= 15 is 0 Å². The van der Waals surface area contributed by atoms with Gasteiger partial charge in [0.15, 0.2) is 0 Å². The summed E-state index contributed by atoms with van der Waals surface area (Å²) in [5.74, 6) is 0. The predicted molar refractivity (Wildman–Crippen MR) is 87.9 cm³/mol. The summed E-state index contributed by atoms with van der Waals surface area (Å²) in [4.78, 5) is 0. The summed E-state index contributed by atoms with van der Waals surface area (Å²) in [6, 6.07) is 0. The van der Waals surface area contributed by atoms with E-state index < -0.39 is 9.84 Å². The van der Waals surface area contributed by atoms with Crippen LogP contribution in [0, 0.1) is 0 Å². The van der Waals surface area contributed by atoms with Crippen LogP contribution in [0.5, 0.6) is 0 Å². The molecule has 1 fully saturated rings. The van der Waals surface area contributed by atoms with Crippen LogP contribution in [-0.4, -0.2) is 19.9 Å². The van der Waals surface area contributed by atoms with E-state index in [0.717, 1.165) is 25.7 Å². The van der Waals surface area contributed by atoms with Crippen LogP contribution in [-0.2, 0) is 9.84 Å². The summed E-state index contributed by atoms with van der Waals surface area (Å²) in [7, 11) is -2.84. The van der Waals surface area contributed by atoms with Gasteiger partial charge in [-0.3, -0.25) is 0 Å². The molecule has 3 heteroatoms. The summed E-state index contributed by atoms with van der Waals surface area (Å²) in [5.41, 5.74) is 0. The van der Waals surface area contributed by atoms with Crippen LogP contribution in [0.2, 0.25) is 0 Å². The van der Waals surface area contributed by atoms with Gasteiger partial charge in [-0.15, -0.1) is 0 Å². The highest BCUT2D eigenvalue weighted by molar-refractivity contribution is 7.91. The maximum Gasteiger partial charge on any atom is 0.150 e. The molecular formula is C17H34O2S. The fraction of sp³-hybridized carbons (Fsp3) is 1.00. The predicted octanol–water partition coefficient (Wildman–Crippen LogP) is 5.26. The minimum absolute atomic E-state index is 0.0737. The Bertz CT molecular complexity index is 306. The Kier molecular flexibility index (Phi) is 9.58. The molecule has 2 nitrogen and oxygen atoms in total. The third-order valence-electron chi connectivity index (χ3n) is 4.66. The second kappa shape index (κ2) is 10.6. The van der Waals surface area contributed by atoms with Crippen LogP contribution in [0.25, 0.3) is 0 Å². The maximum atomic E-state index is 11.8. The SMILES string of the molecule is CS(=O)(=O)C1CCCCCCCCCCCCCCC1. The van der Waals surface area contributed by atoms with Crippen LogP contribution in [0.1, 0.15) is 96.3 Å². The molecule has 0 aromatic rings. The highest BCUT2D eigenvalue weighted by atomic mass is 32.2. The van der Waals surface area contributed by atoms with Gasteiger partial charge in [0.2, 0.25) is 0 Å². The highest BCUT2D eigenvalue weighted by Gasteiger charge is 2.19. The Morgan fingerprint density at radius 1 is 0.550 bits per heavy atom. The minimum atomic E-state index is -2.84. The lowest BCUT2D eigenvalue weighted by Gasteiger charge is -2.15. The molecule has 0 aromatic heterocycles. The average Bonchev–Trinajstić information content (AvgIpc) is 2.37. The van der Waals surface area contributed by atoms with E-state index in [1.165, 1.54) is 76.9 Å². The number of hydrogen-bond donors (Lipinski definition) is 0. The smallest absolute Gasteiger partial charge is 0.150 e. The lowest BCUT2D eigenvalue weighted by molar-refractivity contribution is 0.495. The van der Waals surface area contributed by atoms with Crippen molar-refractivity contribution in [3.05, 3.63) is 0 Å². The first-order valence-corrected chi connectivity index (χ1v) is 10.7. The zero-order valence-corrected chi connectivity index (χ0v) is 14.2. The van der Waals surface area contributed by atoms with Crippen LogP contribution in [0.3, 0.4) is 0 Å². The first-order valence-electron chi connectivity index (χ1n) is 8.79. The standard InChI is InChI=1S/C17H34O2S/c1-20(18,19)17-15-13-11-9-7-5-3-2-4-6-8-10-12-14-16-17/h17H,2-16H2,1H3. The lowest BCUT2D eigenvalue weighted by Crippen LogP contribution is -2.19. The van der Waals surface area contributed by atoms with Crippen molar-refractivity contribution in [2.45, 2.75) is 102 Å². The molecular weight excluding hydrogens is 268 g/mol. The van der Waals surface area contributed by atoms with Crippen molar-refractivity contribution in [3.63, 3.8) is 0 Å². The molecule has 20 heavy (non-hydrogen) atoms. The fourth-order valence-corrected chi connectivity index (χ4v) is 4.45. The molecule has 1 aliphatic carbocycles. The molecule has 0 radical (unpaired) electrons. The summed E-state index contributed by atoms with van der Waals surface area (Å²) in [6.07, 6.45) is 20.0. The Balaban J connectivity index is 2.36. The van der Waals surface area contributed by atoms with Crippen LogP contribution >= 0.6 is 0 Å². The molecule has 0 N–H and O–H groups in total. The van der Waals surface area contributed by atoms with E-state index in [2.05, 4.69) is 0 Å². The van der Waals surface area contributed by atoms with Gasteiger partial charge >= 0.3 is 0 Å². The lowest BCUT2D eigenvalue weighted by atomic mass is 10.0. The van der Waals surface area contributed by atoms with E-state index in [9.17, 15) is 8.42 Å². The molecule has 0 saturated heterocycles. The summed E-state index contributed by atoms with van der Waals surface area (Å²) >= 11 is 0. The molecule has 0 atom stereocenters. The van der Waals surface area contributed by atoms with Gasteiger partial charge in [0.1, 0.15) is 9.84 Å². The van der Waals surface area contributed by atoms with Crippen molar-refractivity contribution >= 4 is 9.84 Å². The van der Waals surface area contributed by atoms with Crippen LogP contribution in [0.4, 0.5) is 0 Å². The van der Waals surface area contributed by atoms with Gasteiger partial charge in [-0.1, -0.05) is 83.5 Å². The fourth-order valence-electron chi connectivity index (χ4n) is 3.26. The number of hydrogen-bond acceptors (Lipinski definition) is 2. The Hall–Kier alpha value is -0.0500. The van der Waals surface area contributed by atoms with E-state index in [1.54, 1.807) is 0 Å². The van der Waals surface area contributed by atoms with E-state index in [-0.39, 0.29) is 5.25 Å². The summed E-state index contributed by atoms with van der Waals surface area (Å²) in [5, 5.41) is -0.0737. The Labute approximate surface area is 126 Å². The molecule has 0 spiro atoms. The zero-order valence-electron chi connectivity index (χ0n) is 13.4. The molecule has 1 rings (SSSR count). The zero-order chi connectivity index (χ0) is 14.7. The van der Waals surface area contributed by atoms with Gasteiger partial charge in [-0.05, 0) is 12.8 Å². The molecule has 0 heterocycles. The normalized spacial score (nSPS) is 23.4. The van der Waals surface area contributed by atoms with Crippen molar-refractivity contribution in [1.29, 1.82) is 0 Å². The first kappa shape index (κ1) is 18.0. The average molecular weight is 303 g/mol. The van der Waals surface area contributed by atoms with Crippen molar-refractivity contribution in [1.82, 2.24) is 0 Å². The Morgan fingerprint density at radius 3 is 1.05 bits per heavy atom. The molecule has 0 bridgehead atoms. The largest absolute Gasteiger partial charge is 0.229 e. The monoisotopic (exact) mass is 302 g/mol. The van der Waals surface area contributed by atoms with Crippen molar-refractivity contribution < 1.29 is 8.42 Å². The topological polar surface area (TPSA) is 34.1 Å². The van der Waals surface area contributed by atoms with Gasteiger partial charge in [-0.2, -0.15) is 0 Å². The van der Waals surface area contributed by atoms with Gasteiger partial charge in [0.25, 0.3) is 0 Å². The second-order valence-electron chi connectivity index (χ2n) is 6.63. The molecule has 0 amide bonds. The van der Waals surface area contributed by atoms with Gasteiger partial charge in [0, 0.05) is 6.26 Å². The van der Waals surface area contributed by atoms with E-state index in [1.807, 2.05) is 0 Å². The number of sulfone groups is 1. The van der Waals surface area contributed by atoms with Gasteiger partial charge in [-0.25, -0.2) is 8.42 Å². The van der Waals surface area contributed by atoms with Crippen molar-refractivity contribution in [2.75, 3.05) is 6.26 Å². The minimum Gasteiger partial charge on any atom is -0.229 e. The third-order valence-corrected chi connectivity index (χ3v) is 6.34. The third kappa shape index (κ3) is 8.99. The molecule has 120 valence electrons. The van der Waals surface area contributed by atoms with Crippen molar-refractivity contribution in [3.8, 4) is 0 Å². The maximum absolute atomic E-state index is 11.8. The highest BCUT2D eigenvalue weighted by Crippen LogP contribution is 2.20. The second-order valence-corrected chi connectivity index (χ2v) is 8.95. The van der Waals surface area contributed by atoms with Crippen LogP contribution < -0.4 is 0 Å². The summed E-state index contributed by atoms with van der Waals surface area (Å²) < 4.78 is 23.7. The Morgan fingerprint density at radius 2 is 0.800 bits per heavy atom. The molecule has 0 unspecified atom stereocenters. The van der Waals surface area contributed by atoms with Crippen molar-refractivity contribution in [2.24, 2.45) is 0 Å². The quantitative estimate of drug-likeness (QED) is 0.661. The molecule has 0 aromatic carbocycles.